The summed E-state index contributed by atoms with van der Waals surface area (Å²) in [4.78, 5) is 0. The molecule has 0 aliphatic carbocycles. The molecule has 1 aromatic rings. The van der Waals surface area contributed by atoms with Gasteiger partial charge in [0.25, 0.3) is 0 Å². The Balaban J connectivity index is 2.68. The zero-order valence-corrected chi connectivity index (χ0v) is 9.77. The van der Waals surface area contributed by atoms with Crippen molar-refractivity contribution in [3.8, 4) is 5.75 Å². The van der Waals surface area contributed by atoms with Crippen molar-refractivity contribution in [3.05, 3.63) is 24.0 Å². The van der Waals surface area contributed by atoms with Crippen LogP contribution >= 0.6 is 0 Å². The molecule has 0 fully saturated rings. The summed E-state index contributed by atoms with van der Waals surface area (Å²) in [6.07, 6.45) is 0.385. The molecule has 0 bridgehead atoms. The number of anilines is 1. The number of nitrogens with zero attached hydrogens (tertiary/aromatic N) is 1. The van der Waals surface area contributed by atoms with Crippen LogP contribution < -0.4 is 15.8 Å². The Morgan fingerprint density at radius 1 is 1.65 bits per heavy atom. The molecule has 6 heteroatoms. The number of nitrogens with one attached hydrogen (secondary N) is 1. The normalized spacial score (nSPS) is 13.2. The minimum Gasteiger partial charge on any atom is -0.494 e. The fourth-order valence-electron chi connectivity index (χ4n) is 1.44. The van der Waals surface area contributed by atoms with Crippen molar-refractivity contribution < 1.29 is 14.3 Å². The van der Waals surface area contributed by atoms with Crippen LogP contribution in [0, 0.1) is 5.82 Å². The third kappa shape index (κ3) is 3.82. The predicted molar refractivity (Wildman–Crippen MR) is 64.1 cm³/mol. The van der Waals surface area contributed by atoms with E-state index in [1.807, 2.05) is 6.92 Å². The zero-order chi connectivity index (χ0) is 12.8. The summed E-state index contributed by atoms with van der Waals surface area (Å²) in [5, 5.41) is 14.4. The van der Waals surface area contributed by atoms with Crippen LogP contribution in [0.15, 0.2) is 23.4 Å². The summed E-state index contributed by atoms with van der Waals surface area (Å²) in [5.74, 6) is -0.104. The minimum atomic E-state index is -0.415. The van der Waals surface area contributed by atoms with E-state index in [-0.39, 0.29) is 17.6 Å². The van der Waals surface area contributed by atoms with E-state index in [4.69, 9.17) is 15.7 Å². The number of ether oxygens (including phenoxy) is 1. The van der Waals surface area contributed by atoms with Crippen molar-refractivity contribution in [1.82, 2.24) is 0 Å². The number of nitrogens with two attached hydrogens (primary N) is 1. The van der Waals surface area contributed by atoms with Crippen LogP contribution in [0.4, 0.5) is 10.1 Å². The average molecular weight is 241 g/mol. The summed E-state index contributed by atoms with van der Waals surface area (Å²) in [5.41, 5.74) is 6.09. The maximum atomic E-state index is 13.1. The van der Waals surface area contributed by atoms with E-state index in [1.54, 1.807) is 12.1 Å². The Hall–Kier alpha value is -1.98. The Morgan fingerprint density at radius 2 is 2.35 bits per heavy atom. The number of benzene rings is 1. The number of oxime groups is 1. The summed E-state index contributed by atoms with van der Waals surface area (Å²) in [6, 6.07) is 4.43. The Bertz CT molecular complexity index is 410. The van der Waals surface area contributed by atoms with E-state index in [9.17, 15) is 4.39 Å². The van der Waals surface area contributed by atoms with Gasteiger partial charge in [0.15, 0.2) is 11.6 Å². The van der Waals surface area contributed by atoms with Crippen molar-refractivity contribution >= 4 is 11.5 Å². The third-order valence-electron chi connectivity index (χ3n) is 2.21. The highest BCUT2D eigenvalue weighted by molar-refractivity contribution is 5.80. The van der Waals surface area contributed by atoms with Gasteiger partial charge in [0.1, 0.15) is 5.84 Å². The molecule has 1 aromatic carbocycles. The SMILES string of the molecule is COc1cc(NC(C)C/C(N)=N/O)ccc1F. The van der Waals surface area contributed by atoms with Gasteiger partial charge in [-0.05, 0) is 19.1 Å². The summed E-state index contributed by atoms with van der Waals surface area (Å²) in [7, 11) is 1.40. The van der Waals surface area contributed by atoms with Gasteiger partial charge in [0.05, 0.1) is 7.11 Å². The van der Waals surface area contributed by atoms with E-state index in [0.717, 1.165) is 0 Å². The van der Waals surface area contributed by atoms with Crippen molar-refractivity contribution in [2.45, 2.75) is 19.4 Å². The molecule has 0 radical (unpaired) electrons. The van der Waals surface area contributed by atoms with E-state index in [2.05, 4.69) is 10.5 Å². The van der Waals surface area contributed by atoms with Gasteiger partial charge in [0.2, 0.25) is 0 Å². The van der Waals surface area contributed by atoms with Crippen LogP contribution in [0.3, 0.4) is 0 Å². The molecule has 0 saturated heterocycles. The van der Waals surface area contributed by atoms with Crippen LogP contribution in [0.25, 0.3) is 0 Å². The smallest absolute Gasteiger partial charge is 0.165 e. The molecule has 1 unspecified atom stereocenters. The average Bonchev–Trinajstić information content (AvgIpc) is 2.31. The van der Waals surface area contributed by atoms with Crippen molar-refractivity contribution in [1.29, 1.82) is 0 Å². The van der Waals surface area contributed by atoms with Gasteiger partial charge in [0, 0.05) is 24.2 Å². The number of rotatable bonds is 5. The second-order valence-corrected chi connectivity index (χ2v) is 3.69. The van der Waals surface area contributed by atoms with Gasteiger partial charge in [-0.15, -0.1) is 0 Å². The number of methoxy groups -OCH3 is 1. The molecule has 17 heavy (non-hydrogen) atoms. The van der Waals surface area contributed by atoms with Gasteiger partial charge >= 0.3 is 0 Å². The Morgan fingerprint density at radius 3 is 2.94 bits per heavy atom. The first-order valence-electron chi connectivity index (χ1n) is 5.13. The van der Waals surface area contributed by atoms with Gasteiger partial charge in [-0.1, -0.05) is 5.16 Å². The highest BCUT2D eigenvalue weighted by Gasteiger charge is 2.07. The molecule has 0 saturated carbocycles. The lowest BCUT2D eigenvalue weighted by Gasteiger charge is -2.15. The first kappa shape index (κ1) is 13.1. The number of halogens is 1. The number of hydrogen-bond acceptors (Lipinski definition) is 4. The van der Waals surface area contributed by atoms with Gasteiger partial charge in [-0.2, -0.15) is 0 Å². The monoisotopic (exact) mass is 241 g/mol. The van der Waals surface area contributed by atoms with Crippen LogP contribution in [0.1, 0.15) is 13.3 Å². The maximum Gasteiger partial charge on any atom is 0.165 e. The Labute approximate surface area is 99.1 Å². The fraction of sp³-hybridized carbons (Fsp3) is 0.364. The molecule has 94 valence electrons. The predicted octanol–water partition coefficient (Wildman–Crippen LogP) is 1.77. The molecule has 5 nitrogen and oxygen atoms in total. The summed E-state index contributed by atoms with van der Waals surface area (Å²) < 4.78 is 18.0. The highest BCUT2D eigenvalue weighted by atomic mass is 19.1. The van der Waals surface area contributed by atoms with Crippen LogP contribution in [0.2, 0.25) is 0 Å². The molecule has 0 aliphatic rings. The largest absolute Gasteiger partial charge is 0.494 e. The number of amidine groups is 1. The van der Waals surface area contributed by atoms with E-state index < -0.39 is 5.82 Å². The lowest BCUT2D eigenvalue weighted by Crippen LogP contribution is -2.24. The molecule has 0 heterocycles. The van der Waals surface area contributed by atoms with Crippen molar-refractivity contribution in [3.63, 3.8) is 0 Å². The zero-order valence-electron chi connectivity index (χ0n) is 9.77. The molecular weight excluding hydrogens is 225 g/mol. The molecule has 4 N–H and O–H groups in total. The quantitative estimate of drug-likeness (QED) is 0.317. The highest BCUT2D eigenvalue weighted by Crippen LogP contribution is 2.22. The molecule has 0 amide bonds. The van der Waals surface area contributed by atoms with Crippen LogP contribution in [-0.4, -0.2) is 24.2 Å². The van der Waals surface area contributed by atoms with Crippen LogP contribution in [0.5, 0.6) is 5.75 Å². The van der Waals surface area contributed by atoms with Gasteiger partial charge in [-0.3, -0.25) is 0 Å². The lowest BCUT2D eigenvalue weighted by atomic mass is 10.2. The molecule has 0 spiro atoms. The lowest BCUT2D eigenvalue weighted by molar-refractivity contribution is 0.316. The summed E-state index contributed by atoms with van der Waals surface area (Å²) >= 11 is 0. The molecule has 1 rings (SSSR count). The standard InChI is InChI=1S/C11H16FN3O2/c1-7(5-11(13)15-16)14-8-3-4-9(12)10(6-8)17-2/h3-4,6-7,14,16H,5H2,1-2H3,(H2,13,15). The molecular formula is C11H16FN3O2. The van der Waals surface area contributed by atoms with Crippen molar-refractivity contribution in [2.75, 3.05) is 12.4 Å². The Kier molecular flexibility index (Phi) is 4.56. The third-order valence-corrected chi connectivity index (χ3v) is 2.21. The fourth-order valence-corrected chi connectivity index (χ4v) is 1.44. The maximum absolute atomic E-state index is 13.1. The van der Waals surface area contributed by atoms with E-state index in [0.29, 0.717) is 12.1 Å². The van der Waals surface area contributed by atoms with Crippen LogP contribution in [-0.2, 0) is 0 Å². The molecule has 1 atom stereocenters. The van der Waals surface area contributed by atoms with Gasteiger partial charge in [-0.25, -0.2) is 4.39 Å². The first-order valence-corrected chi connectivity index (χ1v) is 5.13. The number of hydrogen-bond donors (Lipinski definition) is 3. The molecule has 0 aliphatic heterocycles. The minimum absolute atomic E-state index is 0.0407. The second-order valence-electron chi connectivity index (χ2n) is 3.69. The topological polar surface area (TPSA) is 79.9 Å². The van der Waals surface area contributed by atoms with Gasteiger partial charge < -0.3 is 21.0 Å². The molecule has 0 aromatic heterocycles. The van der Waals surface area contributed by atoms with Crippen molar-refractivity contribution in [2.24, 2.45) is 10.9 Å². The first-order chi connectivity index (χ1) is 8.06. The second kappa shape index (κ2) is 5.93. The van der Waals surface area contributed by atoms with E-state index >= 15 is 0 Å². The summed E-state index contributed by atoms with van der Waals surface area (Å²) in [6.45, 7) is 1.87. The van der Waals surface area contributed by atoms with E-state index in [1.165, 1.54) is 13.2 Å².